The highest BCUT2D eigenvalue weighted by molar-refractivity contribution is 6.77. The molecule has 3 aliphatic heterocycles. The molecule has 182 valence electrons. The number of hydrogen-bond acceptors (Lipinski definition) is 5. The second-order valence-corrected chi connectivity index (χ2v) is 16.2. The van der Waals surface area contributed by atoms with Gasteiger partial charge in [-0.15, -0.1) is 0 Å². The molecule has 0 N–H and O–H groups in total. The fourth-order valence-electron chi connectivity index (χ4n) is 6.68. The van der Waals surface area contributed by atoms with Crippen LogP contribution in [0.25, 0.3) is 0 Å². The van der Waals surface area contributed by atoms with Crippen molar-refractivity contribution in [2.24, 2.45) is 5.92 Å². The minimum Gasteiger partial charge on any atom is -0.447 e. The van der Waals surface area contributed by atoms with Gasteiger partial charge >= 0.3 is 6.09 Å². The normalized spacial score (nSPS) is 28.7. The molecule has 3 aliphatic rings. The number of hydrogen-bond donors (Lipinski definition) is 0. The van der Waals surface area contributed by atoms with Gasteiger partial charge in [-0.1, -0.05) is 53.2 Å². The third-order valence-electron chi connectivity index (χ3n) is 8.18. The van der Waals surface area contributed by atoms with Gasteiger partial charge in [0.15, 0.2) is 0 Å². The van der Waals surface area contributed by atoms with E-state index in [9.17, 15) is 9.59 Å². The number of amides is 2. The number of carbonyl (C=O) groups excluding carboxylic acids is 2. The van der Waals surface area contributed by atoms with Crippen LogP contribution >= 0.6 is 0 Å². The molecule has 0 unspecified atom stereocenters. The number of carbonyl (C=O) groups is 2. The van der Waals surface area contributed by atoms with Crippen molar-refractivity contribution in [1.82, 2.24) is 9.80 Å². The van der Waals surface area contributed by atoms with Crippen molar-refractivity contribution < 1.29 is 18.8 Å². The summed E-state index contributed by atoms with van der Waals surface area (Å²) in [6, 6.07) is 0.346. The standard InChI is InChI=1S/C25H44N2O4Si/c1-8-20-16-26-11-9-10-23(31-32(17(2)3,18(4)5)19(6)7)22(26)14-21(20)15-24(28)27-12-13-30-25(27)29/h8,17-19,21-23H,9-16H2,1-7H3/b20-8-/t21-,22+,23-/m1/s1. The van der Waals surface area contributed by atoms with Crippen molar-refractivity contribution in [3.63, 3.8) is 0 Å². The first kappa shape index (κ1) is 25.4. The highest BCUT2D eigenvalue weighted by atomic mass is 28.4. The molecular formula is C25H44N2O4Si. The lowest BCUT2D eigenvalue weighted by molar-refractivity contribution is -0.129. The summed E-state index contributed by atoms with van der Waals surface area (Å²) in [6.45, 7) is 18.9. The Morgan fingerprint density at radius 3 is 2.34 bits per heavy atom. The number of nitrogens with zero attached hydrogens (tertiary/aromatic N) is 2. The Morgan fingerprint density at radius 2 is 1.81 bits per heavy atom. The van der Waals surface area contributed by atoms with Gasteiger partial charge in [-0.05, 0) is 55.3 Å². The van der Waals surface area contributed by atoms with Crippen LogP contribution in [0.3, 0.4) is 0 Å². The van der Waals surface area contributed by atoms with Crippen molar-refractivity contribution >= 4 is 20.3 Å². The van der Waals surface area contributed by atoms with Crippen LogP contribution < -0.4 is 0 Å². The Hall–Kier alpha value is -1.18. The number of imide groups is 1. The van der Waals surface area contributed by atoms with Crippen molar-refractivity contribution in [3.8, 4) is 0 Å². The third-order valence-corrected chi connectivity index (χ3v) is 14.3. The van der Waals surface area contributed by atoms with E-state index in [1.165, 1.54) is 16.9 Å². The first-order chi connectivity index (χ1) is 15.1. The van der Waals surface area contributed by atoms with E-state index in [0.717, 1.165) is 25.9 Å². The average Bonchev–Trinajstić information content (AvgIpc) is 3.16. The number of rotatable bonds is 7. The Morgan fingerprint density at radius 1 is 1.16 bits per heavy atom. The smallest absolute Gasteiger partial charge is 0.416 e. The Bertz CT molecular complexity index is 699. The minimum atomic E-state index is -1.98. The molecule has 3 heterocycles. The molecule has 0 radical (unpaired) electrons. The summed E-state index contributed by atoms with van der Waals surface area (Å²) in [5.41, 5.74) is 3.01. The molecule has 3 rings (SSSR count). The lowest BCUT2D eigenvalue weighted by Crippen LogP contribution is -2.59. The van der Waals surface area contributed by atoms with Crippen molar-refractivity contribution in [1.29, 1.82) is 0 Å². The summed E-state index contributed by atoms with van der Waals surface area (Å²) in [5, 5.41) is 0. The summed E-state index contributed by atoms with van der Waals surface area (Å²) in [5.74, 6) is 0.0633. The van der Waals surface area contributed by atoms with Crippen molar-refractivity contribution in [2.75, 3.05) is 26.2 Å². The molecular weight excluding hydrogens is 420 g/mol. The molecule has 2 amide bonds. The number of piperidine rings is 2. The SMILES string of the molecule is C/C=C1/CN2CCC[C@@H](O[Si](C(C)C)(C(C)C)C(C)C)[C@@H]2C[C@@H]1CC(=O)N1CCOC1=O. The molecule has 3 fully saturated rings. The zero-order valence-corrected chi connectivity index (χ0v) is 22.2. The van der Waals surface area contributed by atoms with Crippen LogP contribution in [0.5, 0.6) is 0 Å². The van der Waals surface area contributed by atoms with Gasteiger partial charge < -0.3 is 9.16 Å². The van der Waals surface area contributed by atoms with Crippen molar-refractivity contribution in [2.45, 2.75) is 103 Å². The molecule has 3 atom stereocenters. The molecule has 0 spiro atoms. The summed E-state index contributed by atoms with van der Waals surface area (Å²) >= 11 is 0. The molecule has 6 nitrogen and oxygen atoms in total. The van der Waals surface area contributed by atoms with Gasteiger partial charge in [-0.3, -0.25) is 9.69 Å². The zero-order valence-electron chi connectivity index (χ0n) is 21.2. The summed E-state index contributed by atoms with van der Waals surface area (Å²) in [4.78, 5) is 28.6. The lowest BCUT2D eigenvalue weighted by Gasteiger charge is -2.52. The predicted octanol–water partition coefficient (Wildman–Crippen LogP) is 5.35. The predicted molar refractivity (Wildman–Crippen MR) is 130 cm³/mol. The van der Waals surface area contributed by atoms with Gasteiger partial charge in [-0.2, -0.15) is 0 Å². The second-order valence-electron chi connectivity index (χ2n) is 10.8. The van der Waals surface area contributed by atoms with E-state index in [-0.39, 0.29) is 17.9 Å². The quantitative estimate of drug-likeness (QED) is 0.376. The fourth-order valence-corrected chi connectivity index (χ4v) is 12.3. The highest BCUT2D eigenvalue weighted by Crippen LogP contribution is 2.46. The molecule has 32 heavy (non-hydrogen) atoms. The highest BCUT2D eigenvalue weighted by Gasteiger charge is 2.49. The van der Waals surface area contributed by atoms with E-state index < -0.39 is 14.4 Å². The largest absolute Gasteiger partial charge is 0.447 e. The van der Waals surface area contributed by atoms with E-state index in [0.29, 0.717) is 42.2 Å². The van der Waals surface area contributed by atoms with Crippen LogP contribution in [0.2, 0.25) is 16.6 Å². The fraction of sp³-hybridized carbons (Fsp3) is 0.840. The monoisotopic (exact) mass is 464 g/mol. The van der Waals surface area contributed by atoms with Gasteiger partial charge in [0.25, 0.3) is 0 Å². The summed E-state index contributed by atoms with van der Waals surface area (Å²) in [7, 11) is -1.98. The molecule has 0 aliphatic carbocycles. The van der Waals surface area contributed by atoms with Crippen LogP contribution in [-0.4, -0.2) is 68.5 Å². The van der Waals surface area contributed by atoms with Crippen LogP contribution in [0.4, 0.5) is 4.79 Å². The average molecular weight is 465 g/mol. The maximum atomic E-state index is 12.9. The van der Waals surface area contributed by atoms with Crippen LogP contribution in [-0.2, 0) is 14.0 Å². The second kappa shape index (κ2) is 10.4. The van der Waals surface area contributed by atoms with Gasteiger partial charge in [-0.25, -0.2) is 9.69 Å². The molecule has 7 heteroatoms. The van der Waals surface area contributed by atoms with Gasteiger partial charge in [0.05, 0.1) is 12.6 Å². The van der Waals surface area contributed by atoms with Crippen LogP contribution in [0, 0.1) is 5.92 Å². The summed E-state index contributed by atoms with van der Waals surface area (Å²) < 4.78 is 12.3. The number of ether oxygens (including phenoxy) is 1. The number of cyclic esters (lactones) is 1. The maximum absolute atomic E-state index is 12.9. The van der Waals surface area contributed by atoms with E-state index in [1.807, 2.05) is 0 Å². The molecule has 3 saturated heterocycles. The van der Waals surface area contributed by atoms with E-state index in [4.69, 9.17) is 9.16 Å². The minimum absolute atomic E-state index is 0.103. The van der Waals surface area contributed by atoms with Crippen LogP contribution in [0.1, 0.15) is 74.1 Å². The molecule has 0 bridgehead atoms. The van der Waals surface area contributed by atoms with Gasteiger partial charge in [0, 0.05) is 19.0 Å². The number of fused-ring (bicyclic) bond motifs is 1. The Kier molecular flexibility index (Phi) is 8.26. The van der Waals surface area contributed by atoms with E-state index in [2.05, 4.69) is 59.4 Å². The van der Waals surface area contributed by atoms with Crippen LogP contribution in [0.15, 0.2) is 11.6 Å². The Balaban J connectivity index is 1.80. The third kappa shape index (κ3) is 4.85. The topological polar surface area (TPSA) is 59.1 Å². The van der Waals surface area contributed by atoms with Gasteiger partial charge in [0.1, 0.15) is 6.61 Å². The van der Waals surface area contributed by atoms with Gasteiger partial charge in [0.2, 0.25) is 14.2 Å². The van der Waals surface area contributed by atoms with E-state index in [1.54, 1.807) is 0 Å². The molecule has 0 aromatic rings. The maximum Gasteiger partial charge on any atom is 0.416 e. The molecule has 0 aromatic carbocycles. The molecule has 0 aromatic heterocycles. The summed E-state index contributed by atoms with van der Waals surface area (Å²) in [6.07, 6.45) is 5.50. The number of allylic oxidation sites excluding steroid dienone is 1. The first-order valence-corrected chi connectivity index (χ1v) is 14.8. The molecule has 0 saturated carbocycles. The van der Waals surface area contributed by atoms with E-state index >= 15 is 0 Å². The zero-order chi connectivity index (χ0) is 23.6. The lowest BCUT2D eigenvalue weighted by atomic mass is 9.79. The Labute approximate surface area is 195 Å². The first-order valence-electron chi connectivity index (χ1n) is 12.7. The van der Waals surface area contributed by atoms with Crippen molar-refractivity contribution in [3.05, 3.63) is 11.6 Å².